The number of halogens is 3. The van der Waals surface area contributed by atoms with Crippen LogP contribution in [-0.4, -0.2) is 25.3 Å². The maximum Gasteiger partial charge on any atom is 0.416 e. The number of rotatable bonds is 4. The van der Waals surface area contributed by atoms with Gasteiger partial charge < -0.3 is 9.84 Å². The van der Waals surface area contributed by atoms with Crippen LogP contribution in [-0.2, 0) is 16.2 Å². The van der Waals surface area contributed by atoms with Crippen LogP contribution in [0.1, 0.15) is 30.5 Å². The molecule has 0 saturated carbocycles. The second-order valence-corrected chi connectivity index (χ2v) is 8.49. The second kappa shape index (κ2) is 7.11. The van der Waals surface area contributed by atoms with Crippen LogP contribution in [0.25, 0.3) is 6.08 Å². The lowest BCUT2D eigenvalue weighted by molar-refractivity contribution is -0.137. The summed E-state index contributed by atoms with van der Waals surface area (Å²) in [6.07, 6.45) is -0.0166. The van der Waals surface area contributed by atoms with Crippen molar-refractivity contribution in [2.75, 3.05) is 0 Å². The van der Waals surface area contributed by atoms with Crippen LogP contribution in [0.15, 0.2) is 52.5 Å². The molecule has 2 aromatic carbocycles. The maximum atomic E-state index is 12.6. The summed E-state index contributed by atoms with van der Waals surface area (Å²) in [6, 6.07) is 6.12. The highest BCUT2D eigenvalue weighted by Crippen LogP contribution is 2.37. The Morgan fingerprint density at radius 3 is 2.41 bits per heavy atom. The fraction of sp³-hybridized carbons (Fsp3) is 0.211. The quantitative estimate of drug-likeness (QED) is 0.573. The molecule has 0 atom stereocenters. The largest absolute Gasteiger partial charge is 0.506 e. The number of hydrogen-bond donors (Lipinski definition) is 2. The van der Waals surface area contributed by atoms with Crippen molar-refractivity contribution in [3.63, 3.8) is 0 Å². The Hall–Kier alpha value is -3.01. The summed E-state index contributed by atoms with van der Waals surface area (Å²) in [4.78, 5) is 1.52. The van der Waals surface area contributed by atoms with Gasteiger partial charge in [-0.2, -0.15) is 26.7 Å². The van der Waals surface area contributed by atoms with Gasteiger partial charge in [0.05, 0.1) is 22.2 Å². The topological polar surface area (TPSA) is 88.0 Å². The minimum atomic E-state index is -4.56. The molecule has 154 valence electrons. The van der Waals surface area contributed by atoms with E-state index in [0.717, 1.165) is 18.3 Å². The Labute approximate surface area is 165 Å². The Morgan fingerprint density at radius 1 is 1.14 bits per heavy atom. The summed E-state index contributed by atoms with van der Waals surface area (Å²) < 4.78 is 67.8. The van der Waals surface area contributed by atoms with E-state index in [1.54, 1.807) is 18.2 Å². The zero-order valence-corrected chi connectivity index (χ0v) is 16.2. The number of phenols is 1. The Bertz CT molecular complexity index is 1090. The standard InChI is InChI=1S/C19H17F3N2O4S/c1-18(2)10-9-15-16(28-18)8-3-12(17(15)25)11-23-24-29(26,27)14-6-4-13(5-7-14)19(20,21)22/h3-11,24-25H,1-2H3/b23-11+. The number of benzene rings is 2. The van der Waals surface area contributed by atoms with E-state index >= 15 is 0 Å². The first-order valence-corrected chi connectivity index (χ1v) is 9.84. The van der Waals surface area contributed by atoms with Crippen LogP contribution >= 0.6 is 0 Å². The first-order chi connectivity index (χ1) is 13.4. The summed E-state index contributed by atoms with van der Waals surface area (Å²) >= 11 is 0. The van der Waals surface area contributed by atoms with Crippen LogP contribution < -0.4 is 9.57 Å². The third-order valence-corrected chi connectivity index (χ3v) is 5.34. The molecule has 0 aromatic heterocycles. The summed E-state index contributed by atoms with van der Waals surface area (Å²) in [5.74, 6) is 0.323. The third kappa shape index (κ3) is 4.53. The number of aromatic hydroxyl groups is 1. The van der Waals surface area contributed by atoms with Gasteiger partial charge in [0.15, 0.2) is 0 Å². The van der Waals surface area contributed by atoms with Crippen molar-refractivity contribution in [1.29, 1.82) is 0 Å². The molecular weight excluding hydrogens is 409 g/mol. The van der Waals surface area contributed by atoms with Gasteiger partial charge in [-0.3, -0.25) is 0 Å². The molecule has 0 amide bonds. The number of sulfonamides is 1. The highest BCUT2D eigenvalue weighted by atomic mass is 32.2. The number of ether oxygens (including phenoxy) is 1. The van der Waals surface area contributed by atoms with Crippen LogP contribution in [0.3, 0.4) is 0 Å². The lowest BCUT2D eigenvalue weighted by Gasteiger charge is -2.28. The molecule has 0 saturated heterocycles. The monoisotopic (exact) mass is 426 g/mol. The molecule has 0 bridgehead atoms. The lowest BCUT2D eigenvalue weighted by atomic mass is 10.00. The fourth-order valence-electron chi connectivity index (χ4n) is 2.60. The molecule has 1 aliphatic heterocycles. The van der Waals surface area contributed by atoms with Crippen LogP contribution in [0.2, 0.25) is 0 Å². The summed E-state index contributed by atoms with van der Waals surface area (Å²) in [6.45, 7) is 3.71. The smallest absolute Gasteiger partial charge is 0.416 e. The molecule has 1 heterocycles. The normalized spacial score (nSPS) is 15.8. The van der Waals surface area contributed by atoms with E-state index in [1.165, 1.54) is 6.07 Å². The van der Waals surface area contributed by atoms with Gasteiger partial charge in [0.25, 0.3) is 10.0 Å². The molecule has 1 aliphatic rings. The molecule has 0 unspecified atom stereocenters. The minimum absolute atomic E-state index is 0.147. The molecule has 2 N–H and O–H groups in total. The number of hydrogen-bond acceptors (Lipinski definition) is 5. The van der Waals surface area contributed by atoms with Gasteiger partial charge in [0.1, 0.15) is 17.1 Å². The SMILES string of the molecule is CC1(C)C=Cc2c(ccc(/C=N/NS(=O)(=O)c3ccc(C(F)(F)F)cc3)c2O)O1. The highest BCUT2D eigenvalue weighted by molar-refractivity contribution is 7.89. The van der Waals surface area contributed by atoms with Gasteiger partial charge in [-0.15, -0.1) is 0 Å². The van der Waals surface area contributed by atoms with Gasteiger partial charge >= 0.3 is 6.18 Å². The number of phenolic OH excluding ortho intramolecular Hbond substituents is 1. The fourth-order valence-corrected chi connectivity index (χ4v) is 3.39. The van der Waals surface area contributed by atoms with Crippen LogP contribution in [0, 0.1) is 0 Å². The average Bonchev–Trinajstić information content (AvgIpc) is 2.62. The Balaban J connectivity index is 1.77. The maximum absolute atomic E-state index is 12.6. The summed E-state index contributed by atoms with van der Waals surface area (Å²) in [7, 11) is -4.17. The number of nitrogens with one attached hydrogen (secondary N) is 1. The lowest BCUT2D eigenvalue weighted by Crippen LogP contribution is -2.27. The van der Waals surface area contributed by atoms with E-state index in [0.29, 0.717) is 23.4 Å². The van der Waals surface area contributed by atoms with Crippen LogP contribution in [0.4, 0.5) is 13.2 Å². The molecular formula is C19H17F3N2O4S. The van der Waals surface area contributed by atoms with Gasteiger partial charge in [0, 0.05) is 5.56 Å². The van der Waals surface area contributed by atoms with E-state index in [9.17, 15) is 26.7 Å². The summed E-state index contributed by atoms with van der Waals surface area (Å²) in [5, 5.41) is 13.9. The van der Waals surface area contributed by atoms with Gasteiger partial charge in [-0.25, -0.2) is 4.83 Å². The summed E-state index contributed by atoms with van der Waals surface area (Å²) in [5.41, 5.74) is -0.824. The minimum Gasteiger partial charge on any atom is -0.506 e. The van der Waals surface area contributed by atoms with Crippen molar-refractivity contribution >= 4 is 22.3 Å². The van der Waals surface area contributed by atoms with Crippen molar-refractivity contribution in [2.45, 2.75) is 30.5 Å². The van der Waals surface area contributed by atoms with Gasteiger partial charge in [-0.1, -0.05) is 0 Å². The van der Waals surface area contributed by atoms with Gasteiger partial charge in [-0.05, 0) is 62.4 Å². The third-order valence-electron chi connectivity index (χ3n) is 4.10. The van der Waals surface area contributed by atoms with Crippen molar-refractivity contribution in [3.05, 3.63) is 59.2 Å². The van der Waals surface area contributed by atoms with Crippen molar-refractivity contribution < 1.29 is 31.4 Å². The zero-order valence-electron chi connectivity index (χ0n) is 15.4. The van der Waals surface area contributed by atoms with E-state index in [1.807, 2.05) is 18.7 Å². The number of nitrogens with zero attached hydrogens (tertiary/aromatic N) is 1. The van der Waals surface area contributed by atoms with Crippen molar-refractivity contribution in [1.82, 2.24) is 4.83 Å². The molecule has 2 aromatic rings. The number of alkyl halides is 3. The van der Waals surface area contributed by atoms with Crippen molar-refractivity contribution in [3.8, 4) is 11.5 Å². The van der Waals surface area contributed by atoms with Crippen molar-refractivity contribution in [2.24, 2.45) is 5.10 Å². The Kier molecular flexibility index (Phi) is 5.08. The Morgan fingerprint density at radius 2 is 1.79 bits per heavy atom. The predicted octanol–water partition coefficient (Wildman–Crippen LogP) is 3.91. The first kappa shape index (κ1) is 20.7. The number of hydrazone groups is 1. The molecule has 3 rings (SSSR count). The predicted molar refractivity (Wildman–Crippen MR) is 101 cm³/mol. The molecule has 10 heteroatoms. The molecule has 0 aliphatic carbocycles. The molecule has 29 heavy (non-hydrogen) atoms. The van der Waals surface area contributed by atoms with E-state index in [-0.39, 0.29) is 16.2 Å². The number of fused-ring (bicyclic) bond motifs is 1. The van der Waals surface area contributed by atoms with Crippen LogP contribution in [0.5, 0.6) is 11.5 Å². The van der Waals surface area contributed by atoms with E-state index in [4.69, 9.17) is 4.74 Å². The van der Waals surface area contributed by atoms with E-state index < -0.39 is 27.4 Å². The molecule has 0 fully saturated rings. The molecule has 0 radical (unpaired) electrons. The first-order valence-electron chi connectivity index (χ1n) is 8.35. The zero-order chi connectivity index (χ0) is 21.4. The second-order valence-electron chi connectivity index (χ2n) is 6.83. The average molecular weight is 426 g/mol. The highest BCUT2D eigenvalue weighted by Gasteiger charge is 2.30. The molecule has 0 spiro atoms. The van der Waals surface area contributed by atoms with E-state index in [2.05, 4.69) is 5.10 Å². The molecule has 6 nitrogen and oxygen atoms in total. The van der Waals surface area contributed by atoms with Gasteiger partial charge in [0.2, 0.25) is 0 Å².